The summed E-state index contributed by atoms with van der Waals surface area (Å²) in [5.41, 5.74) is 2.33. The first kappa shape index (κ1) is 25.5. The van der Waals surface area contributed by atoms with E-state index < -0.39 is 17.8 Å². The van der Waals surface area contributed by atoms with Gasteiger partial charge in [0.25, 0.3) is 5.91 Å². The third kappa shape index (κ3) is 4.64. The molecule has 1 aliphatic heterocycles. The number of carbonyl (C=O) groups excluding carboxylic acids is 1. The molecule has 1 unspecified atom stereocenters. The van der Waals surface area contributed by atoms with E-state index in [1.54, 1.807) is 12.1 Å². The lowest BCUT2D eigenvalue weighted by atomic mass is 9.97. The summed E-state index contributed by atoms with van der Waals surface area (Å²) in [6, 6.07) is 15.6. The van der Waals surface area contributed by atoms with E-state index in [4.69, 9.17) is 13.9 Å². The minimum atomic E-state index is -0.794. The second-order valence-electron chi connectivity index (χ2n) is 9.42. The molecule has 1 amide bonds. The molecule has 6 nitrogen and oxygen atoms in total. The Bertz CT molecular complexity index is 1540. The van der Waals surface area contributed by atoms with Gasteiger partial charge in [0.05, 0.1) is 30.2 Å². The van der Waals surface area contributed by atoms with E-state index in [0.717, 1.165) is 24.8 Å². The van der Waals surface area contributed by atoms with Crippen LogP contribution in [0.25, 0.3) is 11.0 Å². The van der Waals surface area contributed by atoms with Gasteiger partial charge >= 0.3 is 0 Å². The van der Waals surface area contributed by atoms with Gasteiger partial charge in [-0.05, 0) is 74.4 Å². The predicted molar refractivity (Wildman–Crippen MR) is 145 cm³/mol. The van der Waals surface area contributed by atoms with Crippen LogP contribution in [0, 0.1) is 12.7 Å². The maximum absolute atomic E-state index is 13.9. The molecule has 1 aromatic heterocycles. The van der Waals surface area contributed by atoms with Crippen LogP contribution in [0.3, 0.4) is 0 Å². The minimum absolute atomic E-state index is 0.0152. The molecule has 0 saturated carbocycles. The summed E-state index contributed by atoms with van der Waals surface area (Å²) in [7, 11) is 0. The number of amides is 1. The Hall–Kier alpha value is -4.13. The maximum Gasteiger partial charge on any atom is 0.295 e. The summed E-state index contributed by atoms with van der Waals surface area (Å²) in [4.78, 5) is 29.1. The molecule has 0 saturated heterocycles. The number of carbonyl (C=O) groups is 1. The summed E-state index contributed by atoms with van der Waals surface area (Å²) >= 11 is 0. The largest absolute Gasteiger partial charge is 0.490 e. The minimum Gasteiger partial charge on any atom is -0.490 e. The van der Waals surface area contributed by atoms with Crippen LogP contribution in [0.2, 0.25) is 0 Å². The Kier molecular flexibility index (Phi) is 7.18. The smallest absolute Gasteiger partial charge is 0.295 e. The normalized spacial score (nSPS) is 14.7. The summed E-state index contributed by atoms with van der Waals surface area (Å²) in [6.07, 6.45) is 3.09. The number of hydrogen-bond donors (Lipinski definition) is 0. The lowest BCUT2D eigenvalue weighted by molar-refractivity contribution is 0.0971. The Labute approximate surface area is 220 Å². The molecule has 0 radical (unpaired) electrons. The van der Waals surface area contributed by atoms with Crippen LogP contribution in [0.1, 0.15) is 66.4 Å². The second kappa shape index (κ2) is 10.7. The molecule has 4 aromatic rings. The molecule has 0 N–H and O–H groups in total. The second-order valence-corrected chi connectivity index (χ2v) is 9.42. The molecule has 5 rings (SSSR count). The number of ether oxygens (including phenoxy) is 2. The van der Waals surface area contributed by atoms with Crippen LogP contribution in [-0.4, -0.2) is 19.1 Å². The zero-order chi connectivity index (χ0) is 26.8. The number of anilines is 1. The van der Waals surface area contributed by atoms with Crippen molar-refractivity contribution in [1.82, 2.24) is 0 Å². The topological polar surface area (TPSA) is 69.0 Å². The fourth-order valence-corrected chi connectivity index (χ4v) is 4.89. The molecular formula is C31H30FNO5. The SMILES string of the molecule is CCCCCOc1ccc(C2c3c(oc4ccc(C)cc4c3=O)C(=O)N2c2ccc(F)cc2)cc1OCC. The van der Waals surface area contributed by atoms with Crippen LogP contribution in [0.15, 0.2) is 69.9 Å². The molecule has 1 atom stereocenters. The van der Waals surface area contributed by atoms with Gasteiger partial charge in [-0.3, -0.25) is 14.5 Å². The Balaban J connectivity index is 1.68. The highest BCUT2D eigenvalue weighted by atomic mass is 19.1. The molecule has 0 fully saturated rings. The fourth-order valence-electron chi connectivity index (χ4n) is 4.89. The van der Waals surface area contributed by atoms with Crippen LogP contribution >= 0.6 is 0 Å². The van der Waals surface area contributed by atoms with Crippen molar-refractivity contribution in [3.05, 3.63) is 99.2 Å². The number of rotatable bonds is 9. The van der Waals surface area contributed by atoms with E-state index >= 15 is 0 Å². The first-order chi connectivity index (χ1) is 18.4. The van der Waals surface area contributed by atoms with Crippen molar-refractivity contribution in [2.24, 2.45) is 0 Å². The van der Waals surface area contributed by atoms with Gasteiger partial charge in [0.15, 0.2) is 16.9 Å². The summed E-state index contributed by atoms with van der Waals surface area (Å²) in [5.74, 6) is 0.230. The van der Waals surface area contributed by atoms with E-state index in [-0.39, 0.29) is 16.8 Å². The Morgan fingerprint density at radius 3 is 2.45 bits per heavy atom. The zero-order valence-corrected chi connectivity index (χ0v) is 21.8. The van der Waals surface area contributed by atoms with Crippen LogP contribution in [0.4, 0.5) is 10.1 Å². The van der Waals surface area contributed by atoms with Gasteiger partial charge < -0.3 is 13.9 Å². The van der Waals surface area contributed by atoms with Crippen molar-refractivity contribution < 1.29 is 23.1 Å². The fraction of sp³-hybridized carbons (Fsp3) is 0.290. The number of halogens is 1. The molecule has 0 bridgehead atoms. The number of fused-ring (bicyclic) bond motifs is 2. The molecule has 2 heterocycles. The average molecular weight is 516 g/mol. The standard InChI is InChI=1S/C31H30FNO5/c1-4-6-7-16-37-25-15-9-20(18-26(25)36-5-2)28-27-29(34)23-17-19(3)8-14-24(23)38-30(27)31(35)33(28)22-12-10-21(32)11-13-22/h8-15,17-18,28H,4-7,16H2,1-3H3. The first-order valence-corrected chi connectivity index (χ1v) is 13.0. The zero-order valence-electron chi connectivity index (χ0n) is 21.8. The van der Waals surface area contributed by atoms with Gasteiger partial charge in [-0.2, -0.15) is 0 Å². The average Bonchev–Trinajstić information content (AvgIpc) is 3.20. The quantitative estimate of drug-likeness (QED) is 0.226. The van der Waals surface area contributed by atoms with Gasteiger partial charge in [0.2, 0.25) is 5.76 Å². The molecule has 0 spiro atoms. The van der Waals surface area contributed by atoms with Gasteiger partial charge in [-0.25, -0.2) is 4.39 Å². The van der Waals surface area contributed by atoms with Crippen molar-refractivity contribution in [3.63, 3.8) is 0 Å². The number of unbranched alkanes of at least 4 members (excludes halogenated alkanes) is 2. The Morgan fingerprint density at radius 1 is 0.921 bits per heavy atom. The van der Waals surface area contributed by atoms with Crippen LogP contribution in [0.5, 0.6) is 11.5 Å². The molecule has 3 aromatic carbocycles. The van der Waals surface area contributed by atoms with Gasteiger partial charge in [0.1, 0.15) is 11.4 Å². The monoisotopic (exact) mass is 515 g/mol. The van der Waals surface area contributed by atoms with Crippen molar-refractivity contribution in [2.75, 3.05) is 18.1 Å². The highest BCUT2D eigenvalue weighted by molar-refractivity contribution is 6.10. The third-order valence-corrected chi connectivity index (χ3v) is 6.72. The first-order valence-electron chi connectivity index (χ1n) is 13.0. The maximum atomic E-state index is 13.9. The van der Waals surface area contributed by atoms with Gasteiger partial charge in [0, 0.05) is 5.69 Å². The summed E-state index contributed by atoms with van der Waals surface area (Å²) < 4.78 is 31.7. The molecule has 7 heteroatoms. The highest BCUT2D eigenvalue weighted by Crippen LogP contribution is 2.43. The molecule has 38 heavy (non-hydrogen) atoms. The van der Waals surface area contributed by atoms with Crippen molar-refractivity contribution >= 4 is 22.6 Å². The van der Waals surface area contributed by atoms with Crippen molar-refractivity contribution in [1.29, 1.82) is 0 Å². The highest BCUT2D eigenvalue weighted by Gasteiger charge is 2.44. The van der Waals surface area contributed by atoms with Crippen LogP contribution < -0.4 is 19.8 Å². The molecular weight excluding hydrogens is 485 g/mol. The van der Waals surface area contributed by atoms with Gasteiger partial charge in [-0.15, -0.1) is 0 Å². The summed E-state index contributed by atoms with van der Waals surface area (Å²) in [5, 5.41) is 0.406. The lowest BCUT2D eigenvalue weighted by Gasteiger charge is -2.26. The number of hydrogen-bond acceptors (Lipinski definition) is 5. The molecule has 0 aliphatic carbocycles. The van der Waals surface area contributed by atoms with E-state index in [0.29, 0.717) is 46.9 Å². The van der Waals surface area contributed by atoms with E-state index in [1.807, 2.05) is 38.1 Å². The van der Waals surface area contributed by atoms with E-state index in [2.05, 4.69) is 6.92 Å². The summed E-state index contributed by atoms with van der Waals surface area (Å²) in [6.45, 7) is 6.90. The van der Waals surface area contributed by atoms with Crippen molar-refractivity contribution in [3.8, 4) is 11.5 Å². The third-order valence-electron chi connectivity index (χ3n) is 6.72. The lowest BCUT2D eigenvalue weighted by Crippen LogP contribution is -2.29. The number of aryl methyl sites for hydroxylation is 1. The van der Waals surface area contributed by atoms with Crippen LogP contribution in [-0.2, 0) is 0 Å². The molecule has 1 aliphatic rings. The number of benzene rings is 3. The number of nitrogens with zero attached hydrogens (tertiary/aromatic N) is 1. The van der Waals surface area contributed by atoms with E-state index in [1.165, 1.54) is 29.2 Å². The predicted octanol–water partition coefficient (Wildman–Crippen LogP) is 6.96. The van der Waals surface area contributed by atoms with E-state index in [9.17, 15) is 14.0 Å². The van der Waals surface area contributed by atoms with Gasteiger partial charge in [-0.1, -0.05) is 37.5 Å². The Morgan fingerprint density at radius 2 is 1.71 bits per heavy atom. The molecule has 196 valence electrons. The van der Waals surface area contributed by atoms with Crippen molar-refractivity contribution in [2.45, 2.75) is 46.1 Å².